The van der Waals surface area contributed by atoms with Crippen LogP contribution in [-0.2, 0) is 4.79 Å². The summed E-state index contributed by atoms with van der Waals surface area (Å²) in [4.78, 5) is 25.6. The molecule has 0 saturated carbocycles. The fourth-order valence-electron chi connectivity index (χ4n) is 2.82. The average molecular weight is 535 g/mol. The molecule has 0 unspecified atom stereocenters. The van der Waals surface area contributed by atoms with Gasteiger partial charge in [-0.2, -0.15) is 0 Å². The van der Waals surface area contributed by atoms with Crippen molar-refractivity contribution < 1.29 is 32.2 Å². The van der Waals surface area contributed by atoms with Gasteiger partial charge in [-0.05, 0) is 76.1 Å². The number of nitrogens with one attached hydrogen (secondary N) is 2. The zero-order valence-electron chi connectivity index (χ0n) is 17.7. The molecule has 0 aliphatic carbocycles. The van der Waals surface area contributed by atoms with Crippen molar-refractivity contribution in [2.75, 3.05) is 12.4 Å². The van der Waals surface area contributed by atoms with Crippen LogP contribution in [0.25, 0.3) is 6.08 Å². The minimum Gasteiger partial charge on any atom is -0.496 e. The largest absolute Gasteiger partial charge is 0.573 e. The molecule has 2 amide bonds. The van der Waals surface area contributed by atoms with Crippen molar-refractivity contribution in [3.8, 4) is 11.5 Å². The molecule has 10 heteroatoms. The third-order valence-corrected chi connectivity index (χ3v) is 4.98. The Morgan fingerprint density at radius 3 is 2.24 bits per heavy atom. The van der Waals surface area contributed by atoms with Crippen LogP contribution in [0, 0.1) is 0 Å². The van der Waals surface area contributed by atoms with Crippen LogP contribution in [-0.4, -0.2) is 25.3 Å². The lowest BCUT2D eigenvalue weighted by atomic mass is 10.1. The maximum absolute atomic E-state index is 13.0. The number of hydrogen-bond donors (Lipinski definition) is 2. The Morgan fingerprint density at radius 1 is 0.971 bits per heavy atom. The van der Waals surface area contributed by atoms with Gasteiger partial charge in [-0.25, -0.2) is 0 Å². The summed E-state index contributed by atoms with van der Waals surface area (Å²) in [5, 5.41) is 5.13. The molecule has 6 nitrogen and oxygen atoms in total. The van der Waals surface area contributed by atoms with E-state index in [0.717, 1.165) is 12.1 Å². The number of anilines is 1. The van der Waals surface area contributed by atoms with Crippen LogP contribution < -0.4 is 20.1 Å². The molecule has 0 fully saturated rings. The highest BCUT2D eigenvalue weighted by Crippen LogP contribution is 2.27. The van der Waals surface area contributed by atoms with Gasteiger partial charge in [0.25, 0.3) is 11.8 Å². The van der Waals surface area contributed by atoms with Gasteiger partial charge in [0.1, 0.15) is 17.2 Å². The molecule has 0 saturated heterocycles. The first-order chi connectivity index (χ1) is 16.1. The highest BCUT2D eigenvalue weighted by molar-refractivity contribution is 9.10. The molecule has 0 radical (unpaired) electrons. The number of hydrogen-bond acceptors (Lipinski definition) is 4. The van der Waals surface area contributed by atoms with Crippen molar-refractivity contribution in [1.82, 2.24) is 5.32 Å². The van der Waals surface area contributed by atoms with E-state index in [4.69, 9.17) is 4.74 Å². The fraction of sp³-hybridized carbons (Fsp3) is 0.0833. The number of carbonyl (C=O) groups excluding carboxylic acids is 2. The Kier molecular flexibility index (Phi) is 7.95. The molecule has 0 aliphatic rings. The van der Waals surface area contributed by atoms with Crippen molar-refractivity contribution in [1.29, 1.82) is 0 Å². The van der Waals surface area contributed by atoms with E-state index in [2.05, 4.69) is 31.3 Å². The molecule has 2 N–H and O–H groups in total. The van der Waals surface area contributed by atoms with Gasteiger partial charge in [0.15, 0.2) is 0 Å². The quantitative estimate of drug-likeness (QED) is 0.377. The third kappa shape index (κ3) is 7.11. The van der Waals surface area contributed by atoms with E-state index in [-0.39, 0.29) is 11.4 Å². The predicted octanol–water partition coefficient (Wildman–Crippen LogP) is 5.77. The summed E-state index contributed by atoms with van der Waals surface area (Å²) < 4.78 is 46.7. The molecule has 3 rings (SSSR count). The first-order valence-electron chi connectivity index (χ1n) is 9.73. The Morgan fingerprint density at radius 2 is 1.65 bits per heavy atom. The van der Waals surface area contributed by atoms with Crippen molar-refractivity contribution in [3.63, 3.8) is 0 Å². The number of amides is 2. The minimum absolute atomic E-state index is 0.0819. The molecule has 0 spiro atoms. The third-order valence-electron chi connectivity index (χ3n) is 4.36. The van der Waals surface area contributed by atoms with Crippen LogP contribution in [0.3, 0.4) is 0 Å². The Labute approximate surface area is 201 Å². The number of carbonyl (C=O) groups is 2. The van der Waals surface area contributed by atoms with Crippen LogP contribution >= 0.6 is 15.9 Å². The second-order valence-electron chi connectivity index (χ2n) is 6.80. The zero-order valence-corrected chi connectivity index (χ0v) is 19.2. The van der Waals surface area contributed by atoms with Crippen molar-refractivity contribution >= 4 is 39.5 Å². The van der Waals surface area contributed by atoms with Gasteiger partial charge in [0, 0.05) is 11.3 Å². The molecular formula is C24H18BrF3N2O4. The Balaban J connectivity index is 1.85. The lowest BCUT2D eigenvalue weighted by Crippen LogP contribution is -2.30. The topological polar surface area (TPSA) is 76.7 Å². The fourth-order valence-corrected chi connectivity index (χ4v) is 3.38. The van der Waals surface area contributed by atoms with Gasteiger partial charge in [-0.3, -0.25) is 9.59 Å². The number of benzene rings is 3. The maximum atomic E-state index is 13.0. The van der Waals surface area contributed by atoms with Gasteiger partial charge in [0.2, 0.25) is 0 Å². The van der Waals surface area contributed by atoms with E-state index in [0.29, 0.717) is 21.3 Å². The molecule has 3 aromatic carbocycles. The highest BCUT2D eigenvalue weighted by atomic mass is 79.9. The molecule has 0 aliphatic heterocycles. The summed E-state index contributed by atoms with van der Waals surface area (Å²) in [5.41, 5.74) is 1.04. The lowest BCUT2D eigenvalue weighted by molar-refractivity contribution is -0.274. The number of alkyl halides is 3. The van der Waals surface area contributed by atoms with E-state index in [1.165, 1.54) is 25.3 Å². The van der Waals surface area contributed by atoms with E-state index in [9.17, 15) is 22.8 Å². The average Bonchev–Trinajstić information content (AvgIpc) is 2.79. The monoisotopic (exact) mass is 534 g/mol. The highest BCUT2D eigenvalue weighted by Gasteiger charge is 2.31. The minimum atomic E-state index is -4.82. The van der Waals surface area contributed by atoms with Gasteiger partial charge >= 0.3 is 6.36 Å². The number of methoxy groups -OCH3 is 1. The summed E-state index contributed by atoms with van der Waals surface area (Å²) in [5.74, 6) is -1.04. The standard InChI is InChI=1S/C24H18BrF3N2O4/c1-33-21-12-7-15(13-19(21)25)14-20(30-22(31)16-5-3-2-4-6-16)23(32)29-17-8-10-18(11-9-17)34-24(26,27)28/h2-14H,1H3,(H,29,32)(H,30,31). The molecule has 0 bridgehead atoms. The summed E-state index contributed by atoms with van der Waals surface area (Å²) in [7, 11) is 1.51. The smallest absolute Gasteiger partial charge is 0.496 e. The summed E-state index contributed by atoms with van der Waals surface area (Å²) >= 11 is 3.37. The molecular weight excluding hydrogens is 517 g/mol. The SMILES string of the molecule is COc1ccc(C=C(NC(=O)c2ccccc2)C(=O)Nc2ccc(OC(F)(F)F)cc2)cc1Br. The predicted molar refractivity (Wildman–Crippen MR) is 124 cm³/mol. The Bertz CT molecular complexity index is 1200. The molecule has 34 heavy (non-hydrogen) atoms. The second-order valence-corrected chi connectivity index (χ2v) is 7.65. The normalized spacial score (nSPS) is 11.5. The van der Waals surface area contributed by atoms with Gasteiger partial charge in [-0.15, -0.1) is 13.2 Å². The van der Waals surface area contributed by atoms with E-state index in [1.807, 2.05) is 0 Å². The molecule has 0 heterocycles. The van der Waals surface area contributed by atoms with Crippen molar-refractivity contribution in [2.45, 2.75) is 6.36 Å². The van der Waals surface area contributed by atoms with Crippen LogP contribution in [0.15, 0.2) is 83.0 Å². The van der Waals surface area contributed by atoms with Gasteiger partial charge in [0.05, 0.1) is 11.6 Å². The first kappa shape index (κ1) is 24.8. The van der Waals surface area contributed by atoms with Gasteiger partial charge < -0.3 is 20.1 Å². The maximum Gasteiger partial charge on any atom is 0.573 e. The van der Waals surface area contributed by atoms with E-state index in [1.54, 1.807) is 48.5 Å². The van der Waals surface area contributed by atoms with Gasteiger partial charge in [-0.1, -0.05) is 24.3 Å². The molecule has 176 valence electrons. The van der Waals surface area contributed by atoms with Crippen molar-refractivity contribution in [3.05, 3.63) is 94.1 Å². The number of halogens is 4. The zero-order chi connectivity index (χ0) is 24.7. The lowest BCUT2D eigenvalue weighted by Gasteiger charge is -2.13. The number of rotatable bonds is 7. The van der Waals surface area contributed by atoms with Crippen LogP contribution in [0.2, 0.25) is 0 Å². The van der Waals surface area contributed by atoms with Crippen LogP contribution in [0.5, 0.6) is 11.5 Å². The second kappa shape index (κ2) is 10.9. The molecule has 0 atom stereocenters. The first-order valence-corrected chi connectivity index (χ1v) is 10.5. The van der Waals surface area contributed by atoms with E-state index < -0.39 is 23.9 Å². The van der Waals surface area contributed by atoms with Crippen molar-refractivity contribution in [2.24, 2.45) is 0 Å². The molecule has 0 aromatic heterocycles. The Hall–Kier alpha value is -3.79. The number of ether oxygens (including phenoxy) is 2. The van der Waals surface area contributed by atoms with Crippen LogP contribution in [0.1, 0.15) is 15.9 Å². The molecule has 3 aromatic rings. The summed E-state index contributed by atoms with van der Waals surface area (Å²) in [6.07, 6.45) is -3.36. The summed E-state index contributed by atoms with van der Waals surface area (Å²) in [6.45, 7) is 0. The van der Waals surface area contributed by atoms with Crippen LogP contribution in [0.4, 0.5) is 18.9 Å². The summed E-state index contributed by atoms with van der Waals surface area (Å²) in [6, 6.07) is 18.0. The van der Waals surface area contributed by atoms with E-state index >= 15 is 0 Å².